The van der Waals surface area contributed by atoms with E-state index in [1.165, 1.54) is 17.4 Å². The number of ether oxygens (including phenoxy) is 1. The number of nitrogens with one attached hydrogen (secondary N) is 1. The van der Waals surface area contributed by atoms with Crippen LogP contribution in [-0.4, -0.2) is 28.8 Å². The van der Waals surface area contributed by atoms with Gasteiger partial charge in [-0.05, 0) is 43.5 Å². The summed E-state index contributed by atoms with van der Waals surface area (Å²) in [6, 6.07) is 12.2. The van der Waals surface area contributed by atoms with Crippen LogP contribution in [0.1, 0.15) is 5.56 Å². The highest BCUT2D eigenvalue weighted by atomic mass is 35.5. The quantitative estimate of drug-likeness (QED) is 0.521. The Kier molecular flexibility index (Phi) is 6.43. The number of para-hydroxylation sites is 2. The Morgan fingerprint density at radius 2 is 2.07 bits per heavy atom. The number of aromatic nitrogens is 2. The van der Waals surface area contributed by atoms with Gasteiger partial charge >= 0.3 is 0 Å². The molecule has 0 aliphatic rings. The first-order valence-electron chi connectivity index (χ1n) is 8.07. The monoisotopic (exact) mass is 424 g/mol. The lowest BCUT2D eigenvalue weighted by atomic mass is 10.2. The molecule has 1 N–H and O–H groups in total. The first-order valence-corrected chi connectivity index (χ1v) is 9.67. The fourth-order valence-electron chi connectivity index (χ4n) is 2.54. The molecule has 9 heteroatoms. The van der Waals surface area contributed by atoms with Gasteiger partial charge in [0.25, 0.3) is 0 Å². The fraction of sp³-hybridized carbons (Fsp3) is 0.222. The van der Waals surface area contributed by atoms with Crippen LogP contribution in [-0.2, 0) is 13.2 Å². The second-order valence-electron chi connectivity index (χ2n) is 5.85. The van der Waals surface area contributed by atoms with Crippen molar-refractivity contribution in [3.8, 4) is 5.75 Å². The lowest BCUT2D eigenvalue weighted by molar-refractivity contribution is 0.242. The normalized spacial score (nSPS) is 11.0. The Morgan fingerprint density at radius 1 is 1.30 bits per heavy atom. The molecule has 0 bridgehead atoms. The molecule has 0 saturated heterocycles. The third-order valence-electron chi connectivity index (χ3n) is 3.82. The highest BCUT2D eigenvalue weighted by Gasteiger charge is 2.12. The molecular formula is C18H18ClFN4OS2. The van der Waals surface area contributed by atoms with Crippen LogP contribution in [0.25, 0.3) is 0 Å². The van der Waals surface area contributed by atoms with Crippen molar-refractivity contribution in [1.29, 1.82) is 0 Å². The SMILES string of the molecule is COc1ccccc1Nc1nn(CN(C)Cc2c(F)cccc2Cl)c(=S)s1. The van der Waals surface area contributed by atoms with Gasteiger partial charge in [-0.25, -0.2) is 9.07 Å². The Hall–Kier alpha value is -2.00. The molecule has 27 heavy (non-hydrogen) atoms. The number of hydrogen-bond acceptors (Lipinski definition) is 6. The minimum atomic E-state index is -0.324. The van der Waals surface area contributed by atoms with Crippen LogP contribution in [0.15, 0.2) is 42.5 Å². The minimum Gasteiger partial charge on any atom is -0.495 e. The minimum absolute atomic E-state index is 0.324. The van der Waals surface area contributed by atoms with Crippen molar-refractivity contribution in [2.75, 3.05) is 19.5 Å². The summed E-state index contributed by atoms with van der Waals surface area (Å²) in [7, 11) is 3.47. The second kappa shape index (κ2) is 8.79. The first kappa shape index (κ1) is 19.8. The molecule has 142 valence electrons. The highest BCUT2D eigenvalue weighted by Crippen LogP contribution is 2.28. The average Bonchev–Trinajstić information content (AvgIpc) is 2.97. The molecule has 0 aliphatic heterocycles. The molecule has 0 saturated carbocycles. The standard InChI is InChI=1S/C18H18ClFN4OS2/c1-23(10-12-13(19)6-5-7-14(12)20)11-24-18(26)27-17(22-24)21-15-8-3-4-9-16(15)25-2/h3-9H,10-11H2,1-2H3,(H,21,22). The molecule has 5 nitrogen and oxygen atoms in total. The average molecular weight is 425 g/mol. The molecule has 2 aromatic carbocycles. The van der Waals surface area contributed by atoms with E-state index < -0.39 is 0 Å². The van der Waals surface area contributed by atoms with Gasteiger partial charge < -0.3 is 10.1 Å². The molecule has 3 rings (SSSR count). The molecular weight excluding hydrogens is 407 g/mol. The van der Waals surface area contributed by atoms with E-state index in [2.05, 4.69) is 10.4 Å². The lowest BCUT2D eigenvalue weighted by Gasteiger charge is -2.17. The van der Waals surface area contributed by atoms with Gasteiger partial charge in [0.1, 0.15) is 11.6 Å². The van der Waals surface area contributed by atoms with E-state index in [0.29, 0.717) is 32.9 Å². The van der Waals surface area contributed by atoms with E-state index in [9.17, 15) is 4.39 Å². The van der Waals surface area contributed by atoms with Gasteiger partial charge in [-0.2, -0.15) is 0 Å². The molecule has 0 aliphatic carbocycles. The van der Waals surface area contributed by atoms with Crippen molar-refractivity contribution >= 4 is 46.0 Å². The predicted molar refractivity (Wildman–Crippen MR) is 110 cm³/mol. The van der Waals surface area contributed by atoms with Crippen LogP contribution in [0, 0.1) is 9.77 Å². The summed E-state index contributed by atoms with van der Waals surface area (Å²) >= 11 is 12.9. The molecule has 0 spiro atoms. The van der Waals surface area contributed by atoms with E-state index in [0.717, 1.165) is 11.4 Å². The van der Waals surface area contributed by atoms with Crippen LogP contribution in [0.2, 0.25) is 5.02 Å². The molecule has 0 radical (unpaired) electrons. The van der Waals surface area contributed by atoms with Gasteiger partial charge in [-0.15, -0.1) is 5.10 Å². The maximum atomic E-state index is 14.0. The number of benzene rings is 2. The van der Waals surface area contributed by atoms with E-state index >= 15 is 0 Å². The van der Waals surface area contributed by atoms with Gasteiger partial charge in [0.15, 0.2) is 3.95 Å². The number of anilines is 2. The summed E-state index contributed by atoms with van der Waals surface area (Å²) in [6.07, 6.45) is 0. The highest BCUT2D eigenvalue weighted by molar-refractivity contribution is 7.73. The van der Waals surface area contributed by atoms with Crippen LogP contribution in [0.5, 0.6) is 5.75 Å². The number of rotatable bonds is 7. The molecule has 0 unspecified atom stereocenters. The number of methoxy groups -OCH3 is 1. The van der Waals surface area contributed by atoms with Crippen molar-refractivity contribution in [3.05, 3.63) is 62.8 Å². The molecule has 3 aromatic rings. The number of hydrogen-bond donors (Lipinski definition) is 1. The summed E-state index contributed by atoms with van der Waals surface area (Å²) in [5.41, 5.74) is 1.26. The summed E-state index contributed by atoms with van der Waals surface area (Å²) < 4.78 is 21.6. The zero-order valence-electron chi connectivity index (χ0n) is 14.8. The Balaban J connectivity index is 1.72. The summed E-state index contributed by atoms with van der Waals surface area (Å²) in [5, 5.41) is 8.78. The van der Waals surface area contributed by atoms with Crippen LogP contribution < -0.4 is 10.1 Å². The first-order chi connectivity index (χ1) is 13.0. The summed E-state index contributed by atoms with van der Waals surface area (Å²) in [4.78, 5) is 1.90. The zero-order valence-corrected chi connectivity index (χ0v) is 17.2. The molecule has 0 atom stereocenters. The van der Waals surface area contributed by atoms with Gasteiger partial charge in [-0.3, -0.25) is 4.90 Å². The van der Waals surface area contributed by atoms with Crippen LogP contribution in [0.3, 0.4) is 0 Å². The van der Waals surface area contributed by atoms with Crippen molar-refractivity contribution in [2.45, 2.75) is 13.2 Å². The van der Waals surface area contributed by atoms with Crippen LogP contribution >= 0.6 is 35.2 Å². The zero-order chi connectivity index (χ0) is 19.4. The second-order valence-corrected chi connectivity index (χ2v) is 7.88. The third kappa shape index (κ3) is 4.84. The number of nitrogens with zero attached hydrogens (tertiary/aromatic N) is 3. The largest absolute Gasteiger partial charge is 0.495 e. The van der Waals surface area contributed by atoms with E-state index in [1.54, 1.807) is 23.9 Å². The molecule has 0 amide bonds. The van der Waals surface area contributed by atoms with E-state index in [1.807, 2.05) is 36.2 Å². The van der Waals surface area contributed by atoms with Crippen molar-refractivity contribution in [1.82, 2.24) is 14.7 Å². The predicted octanol–water partition coefficient (Wildman–Crippen LogP) is 5.31. The summed E-state index contributed by atoms with van der Waals surface area (Å²) in [5.74, 6) is 0.395. The maximum absolute atomic E-state index is 14.0. The van der Waals surface area contributed by atoms with Crippen molar-refractivity contribution < 1.29 is 9.13 Å². The fourth-order valence-corrected chi connectivity index (χ4v) is 3.77. The molecule has 1 aromatic heterocycles. The van der Waals surface area contributed by atoms with Crippen molar-refractivity contribution in [3.63, 3.8) is 0 Å². The number of halogens is 2. The third-order valence-corrected chi connectivity index (χ3v) is 5.40. The van der Waals surface area contributed by atoms with E-state index in [-0.39, 0.29) is 5.82 Å². The smallest absolute Gasteiger partial charge is 0.209 e. The Morgan fingerprint density at radius 3 is 2.81 bits per heavy atom. The van der Waals surface area contributed by atoms with Gasteiger partial charge in [0.05, 0.1) is 19.5 Å². The van der Waals surface area contributed by atoms with Crippen molar-refractivity contribution in [2.24, 2.45) is 0 Å². The molecule has 1 heterocycles. The maximum Gasteiger partial charge on any atom is 0.209 e. The van der Waals surface area contributed by atoms with Crippen LogP contribution in [0.4, 0.5) is 15.2 Å². The van der Waals surface area contributed by atoms with E-state index in [4.69, 9.17) is 28.6 Å². The Labute approximate surface area is 171 Å². The van der Waals surface area contributed by atoms with Gasteiger partial charge in [-0.1, -0.05) is 41.1 Å². The topological polar surface area (TPSA) is 42.3 Å². The van der Waals surface area contributed by atoms with Gasteiger partial charge in [0.2, 0.25) is 5.13 Å². The van der Waals surface area contributed by atoms with Gasteiger partial charge in [0, 0.05) is 17.1 Å². The molecule has 0 fully saturated rings. The Bertz CT molecular complexity index is 971. The lowest BCUT2D eigenvalue weighted by Crippen LogP contribution is -2.23. The summed E-state index contributed by atoms with van der Waals surface area (Å²) in [6.45, 7) is 0.758.